The van der Waals surface area contributed by atoms with E-state index in [9.17, 15) is 14.0 Å². The van der Waals surface area contributed by atoms with Crippen molar-refractivity contribution in [1.29, 1.82) is 0 Å². The fourth-order valence-electron chi connectivity index (χ4n) is 3.50. The van der Waals surface area contributed by atoms with E-state index in [1.807, 2.05) is 30.3 Å². The molecule has 1 amide bonds. The predicted molar refractivity (Wildman–Crippen MR) is 120 cm³/mol. The molecule has 2 heterocycles. The summed E-state index contributed by atoms with van der Waals surface area (Å²) in [6.07, 6.45) is 0.0966. The Hall–Kier alpha value is -3.13. The van der Waals surface area contributed by atoms with Gasteiger partial charge in [0.2, 0.25) is 5.91 Å². The molecule has 3 aromatic rings. The molecule has 0 bridgehead atoms. The van der Waals surface area contributed by atoms with Gasteiger partial charge in [-0.15, -0.1) is 0 Å². The molecule has 160 valence electrons. The summed E-state index contributed by atoms with van der Waals surface area (Å²) < 4.78 is 13.1. The van der Waals surface area contributed by atoms with Gasteiger partial charge in [0.1, 0.15) is 5.82 Å². The van der Waals surface area contributed by atoms with Crippen LogP contribution in [0.2, 0.25) is 0 Å². The Morgan fingerprint density at radius 3 is 2.45 bits per heavy atom. The number of H-pyrrole nitrogens is 1. The largest absolute Gasteiger partial charge is 0.368 e. The molecular weight excluding hydrogens is 415 g/mol. The molecule has 1 aromatic heterocycles. The Balaban J connectivity index is 1.33. The molecule has 1 N–H and O–H groups in total. The first-order valence-corrected chi connectivity index (χ1v) is 11.1. The van der Waals surface area contributed by atoms with Crippen molar-refractivity contribution in [2.45, 2.75) is 17.3 Å². The molecule has 0 aliphatic carbocycles. The highest BCUT2D eigenvalue weighted by atomic mass is 32.2. The number of anilines is 1. The van der Waals surface area contributed by atoms with Gasteiger partial charge in [-0.25, -0.2) is 9.37 Å². The van der Waals surface area contributed by atoms with Gasteiger partial charge in [0, 0.05) is 43.7 Å². The molecule has 4 rings (SSSR count). The first-order valence-electron chi connectivity index (χ1n) is 10.1. The van der Waals surface area contributed by atoms with Crippen LogP contribution < -0.4 is 10.5 Å². The number of rotatable bonds is 6. The summed E-state index contributed by atoms with van der Waals surface area (Å²) in [6, 6.07) is 17.7. The van der Waals surface area contributed by atoms with Gasteiger partial charge in [0.25, 0.3) is 5.56 Å². The Bertz CT molecular complexity index is 1080. The number of hydrogen-bond donors (Lipinski definition) is 1. The molecule has 31 heavy (non-hydrogen) atoms. The van der Waals surface area contributed by atoms with E-state index in [4.69, 9.17) is 0 Å². The molecule has 2 aromatic carbocycles. The quantitative estimate of drug-likeness (QED) is 0.473. The second-order valence-electron chi connectivity index (χ2n) is 7.34. The molecule has 1 saturated heterocycles. The zero-order valence-electron chi connectivity index (χ0n) is 17.0. The van der Waals surface area contributed by atoms with Gasteiger partial charge in [-0.3, -0.25) is 9.59 Å². The minimum Gasteiger partial charge on any atom is -0.368 e. The van der Waals surface area contributed by atoms with Crippen molar-refractivity contribution in [3.8, 4) is 0 Å². The van der Waals surface area contributed by atoms with Crippen LogP contribution in [0.5, 0.6) is 0 Å². The molecule has 0 radical (unpaired) electrons. The third kappa shape index (κ3) is 5.73. The van der Waals surface area contributed by atoms with Crippen molar-refractivity contribution in [1.82, 2.24) is 14.9 Å². The van der Waals surface area contributed by atoms with Crippen LogP contribution in [0, 0.1) is 5.82 Å². The SMILES string of the molecule is O=C(Cc1cc(=O)[nH]c(SCc2ccccc2)n1)N1CCN(c2ccc(F)cc2)CC1. The average molecular weight is 439 g/mol. The van der Waals surface area contributed by atoms with Crippen molar-refractivity contribution in [2.24, 2.45) is 0 Å². The zero-order valence-corrected chi connectivity index (χ0v) is 17.8. The smallest absolute Gasteiger partial charge is 0.251 e. The Kier molecular flexibility index (Phi) is 6.66. The first kappa shape index (κ1) is 21.1. The molecule has 1 aliphatic rings. The second-order valence-corrected chi connectivity index (χ2v) is 8.30. The standard InChI is InChI=1S/C23H23FN4O2S/c24-18-6-8-20(9-7-18)27-10-12-28(13-11-27)22(30)15-19-14-21(29)26-23(25-19)31-16-17-4-2-1-3-5-17/h1-9,14H,10-13,15-16H2,(H,25,26,29). The van der Waals surface area contributed by atoms with Crippen molar-refractivity contribution in [3.63, 3.8) is 0 Å². The normalized spacial score (nSPS) is 14.0. The van der Waals surface area contributed by atoms with Crippen LogP contribution in [-0.2, 0) is 17.0 Å². The molecule has 1 aliphatic heterocycles. The first-order chi connectivity index (χ1) is 15.1. The number of hydrogen-bond acceptors (Lipinski definition) is 5. The maximum atomic E-state index is 13.1. The minimum absolute atomic E-state index is 0.0455. The number of benzene rings is 2. The summed E-state index contributed by atoms with van der Waals surface area (Å²) in [5, 5.41) is 0.514. The third-order valence-electron chi connectivity index (χ3n) is 5.15. The zero-order chi connectivity index (χ0) is 21.6. The van der Waals surface area contributed by atoms with E-state index in [0.717, 1.165) is 11.3 Å². The van der Waals surface area contributed by atoms with Gasteiger partial charge in [0.05, 0.1) is 12.1 Å². The predicted octanol–water partition coefficient (Wildman–Crippen LogP) is 3.09. The molecule has 0 saturated carbocycles. The fraction of sp³-hybridized carbons (Fsp3) is 0.261. The van der Waals surface area contributed by atoms with Crippen LogP contribution in [0.1, 0.15) is 11.3 Å². The van der Waals surface area contributed by atoms with E-state index in [1.54, 1.807) is 17.0 Å². The second kappa shape index (κ2) is 9.78. The Labute approximate surface area is 184 Å². The van der Waals surface area contributed by atoms with Crippen molar-refractivity contribution in [3.05, 3.63) is 88.1 Å². The summed E-state index contributed by atoms with van der Waals surface area (Å²) >= 11 is 1.44. The number of nitrogens with zero attached hydrogens (tertiary/aromatic N) is 3. The topological polar surface area (TPSA) is 69.3 Å². The lowest BCUT2D eigenvalue weighted by atomic mass is 10.2. The monoisotopic (exact) mass is 438 g/mol. The molecule has 8 heteroatoms. The number of carbonyl (C=O) groups excluding carboxylic acids is 1. The lowest BCUT2D eigenvalue weighted by molar-refractivity contribution is -0.130. The van der Waals surface area contributed by atoms with Gasteiger partial charge in [-0.1, -0.05) is 42.1 Å². The molecule has 1 fully saturated rings. The lowest BCUT2D eigenvalue weighted by Crippen LogP contribution is -2.49. The van der Waals surface area contributed by atoms with E-state index in [0.29, 0.717) is 42.8 Å². The van der Waals surface area contributed by atoms with Crippen molar-refractivity contribution >= 4 is 23.4 Å². The van der Waals surface area contributed by atoms with Crippen molar-refractivity contribution < 1.29 is 9.18 Å². The number of carbonyl (C=O) groups is 1. The van der Waals surface area contributed by atoms with Crippen LogP contribution in [0.4, 0.5) is 10.1 Å². The van der Waals surface area contributed by atoms with Gasteiger partial charge >= 0.3 is 0 Å². The van der Waals surface area contributed by atoms with E-state index in [1.165, 1.54) is 30.0 Å². The van der Waals surface area contributed by atoms with Crippen LogP contribution in [-0.4, -0.2) is 47.0 Å². The summed E-state index contributed by atoms with van der Waals surface area (Å²) in [4.78, 5) is 35.9. The number of piperazine rings is 1. The van der Waals surface area contributed by atoms with Crippen LogP contribution in [0.3, 0.4) is 0 Å². The highest BCUT2D eigenvalue weighted by Gasteiger charge is 2.22. The highest BCUT2D eigenvalue weighted by molar-refractivity contribution is 7.98. The summed E-state index contributed by atoms with van der Waals surface area (Å²) in [7, 11) is 0. The summed E-state index contributed by atoms with van der Waals surface area (Å²) in [5.74, 6) is 0.382. The number of aromatic amines is 1. The summed E-state index contributed by atoms with van der Waals surface area (Å²) in [6.45, 7) is 2.51. The van der Waals surface area contributed by atoms with Crippen LogP contribution in [0.25, 0.3) is 0 Å². The maximum absolute atomic E-state index is 13.1. The number of thioether (sulfide) groups is 1. The molecule has 0 unspecified atom stereocenters. The van der Waals surface area contributed by atoms with Gasteiger partial charge in [-0.05, 0) is 29.8 Å². The van der Waals surface area contributed by atoms with Gasteiger partial charge in [0.15, 0.2) is 5.16 Å². The number of amides is 1. The molecule has 0 atom stereocenters. The van der Waals surface area contributed by atoms with E-state index >= 15 is 0 Å². The maximum Gasteiger partial charge on any atom is 0.251 e. The average Bonchev–Trinajstić information content (AvgIpc) is 2.79. The van der Waals surface area contributed by atoms with E-state index in [2.05, 4.69) is 14.9 Å². The van der Waals surface area contributed by atoms with Gasteiger partial charge < -0.3 is 14.8 Å². The molecule has 0 spiro atoms. The van der Waals surface area contributed by atoms with Crippen LogP contribution >= 0.6 is 11.8 Å². The fourth-order valence-corrected chi connectivity index (χ4v) is 4.35. The number of halogens is 1. The van der Waals surface area contributed by atoms with Crippen LogP contribution in [0.15, 0.2) is 70.6 Å². The Morgan fingerprint density at radius 2 is 1.74 bits per heavy atom. The van der Waals surface area contributed by atoms with Gasteiger partial charge in [-0.2, -0.15) is 0 Å². The molecular formula is C23H23FN4O2S. The molecule has 6 nitrogen and oxygen atoms in total. The third-order valence-corrected chi connectivity index (χ3v) is 6.09. The van der Waals surface area contributed by atoms with E-state index < -0.39 is 0 Å². The number of nitrogens with one attached hydrogen (secondary N) is 1. The Morgan fingerprint density at radius 1 is 1.03 bits per heavy atom. The lowest BCUT2D eigenvalue weighted by Gasteiger charge is -2.36. The number of aromatic nitrogens is 2. The van der Waals surface area contributed by atoms with E-state index in [-0.39, 0.29) is 23.7 Å². The summed E-state index contributed by atoms with van der Waals surface area (Å²) in [5.41, 5.74) is 2.31. The minimum atomic E-state index is -0.260. The van der Waals surface area contributed by atoms with Crippen molar-refractivity contribution in [2.75, 3.05) is 31.1 Å². The highest BCUT2D eigenvalue weighted by Crippen LogP contribution is 2.19.